The SMILES string of the molecule is CNC(=O)c1ccc(C2CCN(C(=N)c3ccc(C)c(NC)c3)CC2)cc1. The van der Waals surface area contributed by atoms with E-state index in [4.69, 9.17) is 5.41 Å². The van der Waals surface area contributed by atoms with Gasteiger partial charge < -0.3 is 15.5 Å². The van der Waals surface area contributed by atoms with Gasteiger partial charge in [0.2, 0.25) is 0 Å². The molecule has 3 N–H and O–H groups in total. The summed E-state index contributed by atoms with van der Waals surface area (Å²) in [4.78, 5) is 13.8. The van der Waals surface area contributed by atoms with Gasteiger partial charge in [-0.05, 0) is 55.0 Å². The quantitative estimate of drug-likeness (QED) is 0.573. The fraction of sp³-hybridized carbons (Fsp3) is 0.364. The molecule has 142 valence electrons. The third-order valence-corrected chi connectivity index (χ3v) is 5.46. The monoisotopic (exact) mass is 364 g/mol. The molecular formula is C22H28N4O. The van der Waals surface area contributed by atoms with Crippen LogP contribution in [0.5, 0.6) is 0 Å². The average Bonchev–Trinajstić information content (AvgIpc) is 2.73. The van der Waals surface area contributed by atoms with Gasteiger partial charge in [-0.1, -0.05) is 24.3 Å². The maximum atomic E-state index is 11.7. The van der Waals surface area contributed by atoms with Crippen molar-refractivity contribution in [3.63, 3.8) is 0 Å². The lowest BCUT2D eigenvalue weighted by Crippen LogP contribution is -2.38. The molecule has 0 atom stereocenters. The first-order valence-corrected chi connectivity index (χ1v) is 9.47. The Morgan fingerprint density at radius 2 is 1.67 bits per heavy atom. The number of rotatable bonds is 4. The van der Waals surface area contributed by atoms with Crippen molar-refractivity contribution in [3.05, 3.63) is 64.7 Å². The molecule has 1 aliphatic heterocycles. The molecular weight excluding hydrogens is 336 g/mol. The van der Waals surface area contributed by atoms with Crippen LogP contribution in [0, 0.1) is 12.3 Å². The molecule has 0 aromatic heterocycles. The zero-order valence-electron chi connectivity index (χ0n) is 16.3. The van der Waals surface area contributed by atoms with Crippen LogP contribution in [-0.2, 0) is 0 Å². The number of piperidine rings is 1. The summed E-state index contributed by atoms with van der Waals surface area (Å²) in [6.45, 7) is 3.83. The summed E-state index contributed by atoms with van der Waals surface area (Å²) in [5.74, 6) is 1.03. The Bertz CT molecular complexity index is 821. The summed E-state index contributed by atoms with van der Waals surface area (Å²) in [5.41, 5.74) is 5.19. The van der Waals surface area contributed by atoms with Gasteiger partial charge in [-0.25, -0.2) is 0 Å². The Morgan fingerprint density at radius 1 is 1.04 bits per heavy atom. The Labute approximate surface area is 161 Å². The molecule has 2 aromatic carbocycles. The first-order valence-electron chi connectivity index (χ1n) is 9.47. The smallest absolute Gasteiger partial charge is 0.251 e. The van der Waals surface area contributed by atoms with Crippen LogP contribution >= 0.6 is 0 Å². The fourth-order valence-electron chi connectivity index (χ4n) is 3.71. The molecule has 0 spiro atoms. The predicted octanol–water partition coefficient (Wildman–Crippen LogP) is 3.60. The first-order chi connectivity index (χ1) is 13.0. The van der Waals surface area contributed by atoms with E-state index >= 15 is 0 Å². The fourth-order valence-corrected chi connectivity index (χ4v) is 3.71. The minimum atomic E-state index is -0.0520. The van der Waals surface area contributed by atoms with Gasteiger partial charge in [-0.2, -0.15) is 0 Å². The minimum absolute atomic E-state index is 0.0520. The van der Waals surface area contributed by atoms with Crippen molar-refractivity contribution < 1.29 is 4.79 Å². The van der Waals surface area contributed by atoms with Crippen LogP contribution < -0.4 is 10.6 Å². The summed E-state index contributed by atoms with van der Waals surface area (Å²) in [7, 11) is 3.56. The maximum absolute atomic E-state index is 11.7. The zero-order chi connectivity index (χ0) is 19.4. The number of amides is 1. The topological polar surface area (TPSA) is 68.2 Å². The van der Waals surface area contributed by atoms with Gasteiger partial charge in [0, 0.05) is 44.0 Å². The molecule has 5 nitrogen and oxygen atoms in total. The number of benzene rings is 2. The predicted molar refractivity (Wildman–Crippen MR) is 111 cm³/mol. The molecule has 3 rings (SSSR count). The molecule has 1 amide bonds. The van der Waals surface area contributed by atoms with Crippen LogP contribution in [0.25, 0.3) is 0 Å². The second-order valence-electron chi connectivity index (χ2n) is 7.09. The molecule has 0 saturated carbocycles. The van der Waals surface area contributed by atoms with Gasteiger partial charge in [0.25, 0.3) is 5.91 Å². The van der Waals surface area contributed by atoms with Gasteiger partial charge in [-0.15, -0.1) is 0 Å². The van der Waals surface area contributed by atoms with Crippen LogP contribution in [-0.4, -0.2) is 43.8 Å². The van der Waals surface area contributed by atoms with E-state index in [-0.39, 0.29) is 5.91 Å². The number of aryl methyl sites for hydroxylation is 1. The number of hydrogen-bond acceptors (Lipinski definition) is 3. The number of carbonyl (C=O) groups excluding carboxylic acids is 1. The number of anilines is 1. The molecule has 1 fully saturated rings. The van der Waals surface area contributed by atoms with E-state index in [0.29, 0.717) is 17.3 Å². The van der Waals surface area contributed by atoms with Crippen molar-refractivity contribution >= 4 is 17.4 Å². The second-order valence-corrected chi connectivity index (χ2v) is 7.09. The van der Waals surface area contributed by atoms with Crippen molar-refractivity contribution in [2.75, 3.05) is 32.5 Å². The number of carbonyl (C=O) groups is 1. The number of amidine groups is 1. The number of hydrogen-bond donors (Lipinski definition) is 3. The number of nitrogens with one attached hydrogen (secondary N) is 3. The highest BCUT2D eigenvalue weighted by atomic mass is 16.1. The highest BCUT2D eigenvalue weighted by Gasteiger charge is 2.23. The van der Waals surface area contributed by atoms with Crippen molar-refractivity contribution in [2.45, 2.75) is 25.7 Å². The number of nitrogens with zero attached hydrogens (tertiary/aromatic N) is 1. The van der Waals surface area contributed by atoms with Gasteiger partial charge in [0.05, 0.1) is 0 Å². The lowest BCUT2D eigenvalue weighted by Gasteiger charge is -2.34. The van der Waals surface area contributed by atoms with E-state index in [1.165, 1.54) is 11.1 Å². The summed E-state index contributed by atoms with van der Waals surface area (Å²) in [6.07, 6.45) is 2.04. The van der Waals surface area contributed by atoms with Gasteiger partial charge in [-0.3, -0.25) is 10.2 Å². The molecule has 0 aliphatic carbocycles. The van der Waals surface area contributed by atoms with Gasteiger partial charge in [0.15, 0.2) is 0 Å². The van der Waals surface area contributed by atoms with Crippen LogP contribution in [0.15, 0.2) is 42.5 Å². The van der Waals surface area contributed by atoms with E-state index < -0.39 is 0 Å². The summed E-state index contributed by atoms with van der Waals surface area (Å²) in [5, 5.41) is 14.4. The lowest BCUT2D eigenvalue weighted by molar-refractivity contribution is 0.0963. The van der Waals surface area contributed by atoms with E-state index in [2.05, 4.69) is 46.7 Å². The molecule has 1 heterocycles. The van der Waals surface area contributed by atoms with Crippen LogP contribution in [0.4, 0.5) is 5.69 Å². The minimum Gasteiger partial charge on any atom is -0.388 e. The zero-order valence-corrected chi connectivity index (χ0v) is 16.3. The molecule has 0 bridgehead atoms. The Morgan fingerprint density at radius 3 is 2.26 bits per heavy atom. The summed E-state index contributed by atoms with van der Waals surface area (Å²) < 4.78 is 0. The molecule has 0 unspecified atom stereocenters. The van der Waals surface area contributed by atoms with E-state index in [1.807, 2.05) is 25.2 Å². The standard InChI is InChI=1S/C22H28N4O/c1-15-4-5-19(14-20(15)24-2)21(23)26-12-10-17(11-13-26)16-6-8-18(9-7-16)22(27)25-3/h4-9,14,17,23-24H,10-13H2,1-3H3,(H,25,27). The van der Waals surface area contributed by atoms with Crippen molar-refractivity contribution in [1.29, 1.82) is 5.41 Å². The van der Waals surface area contributed by atoms with Crippen LogP contribution in [0.1, 0.15) is 45.8 Å². The third-order valence-electron chi connectivity index (χ3n) is 5.46. The average molecular weight is 364 g/mol. The molecule has 2 aromatic rings. The van der Waals surface area contributed by atoms with Crippen molar-refractivity contribution in [1.82, 2.24) is 10.2 Å². The highest BCUT2D eigenvalue weighted by Crippen LogP contribution is 2.29. The normalized spacial score (nSPS) is 14.7. The number of likely N-dealkylation sites (tertiary alicyclic amines) is 1. The van der Waals surface area contributed by atoms with E-state index in [1.54, 1.807) is 7.05 Å². The van der Waals surface area contributed by atoms with Crippen LogP contribution in [0.3, 0.4) is 0 Å². The molecule has 1 saturated heterocycles. The Hall–Kier alpha value is -2.82. The summed E-state index contributed by atoms with van der Waals surface area (Å²) >= 11 is 0. The molecule has 1 aliphatic rings. The second kappa shape index (κ2) is 8.25. The third kappa shape index (κ3) is 4.13. The first kappa shape index (κ1) is 19.0. The van der Waals surface area contributed by atoms with Crippen molar-refractivity contribution in [3.8, 4) is 0 Å². The largest absolute Gasteiger partial charge is 0.388 e. The van der Waals surface area contributed by atoms with Gasteiger partial charge >= 0.3 is 0 Å². The highest BCUT2D eigenvalue weighted by molar-refractivity contribution is 5.97. The lowest BCUT2D eigenvalue weighted by atomic mass is 9.88. The van der Waals surface area contributed by atoms with E-state index in [0.717, 1.165) is 37.2 Å². The van der Waals surface area contributed by atoms with Crippen molar-refractivity contribution in [2.24, 2.45) is 0 Å². The molecule has 27 heavy (non-hydrogen) atoms. The Balaban J connectivity index is 1.63. The van der Waals surface area contributed by atoms with Gasteiger partial charge in [0.1, 0.15) is 5.84 Å². The molecule has 0 radical (unpaired) electrons. The van der Waals surface area contributed by atoms with E-state index in [9.17, 15) is 4.79 Å². The Kier molecular flexibility index (Phi) is 5.79. The van der Waals surface area contributed by atoms with Crippen LogP contribution in [0.2, 0.25) is 0 Å². The molecule has 5 heteroatoms. The maximum Gasteiger partial charge on any atom is 0.251 e. The summed E-state index contributed by atoms with van der Waals surface area (Å²) in [6, 6.07) is 14.1.